The molecule has 0 aliphatic rings. The molecule has 1 N–H and O–H groups in total. The maximum atomic E-state index is 4.09. The molecule has 0 amide bonds. The molecule has 0 unspecified atom stereocenters. The van der Waals surface area contributed by atoms with Gasteiger partial charge < -0.3 is 5.32 Å². The van der Waals surface area contributed by atoms with Crippen LogP contribution in [0.15, 0.2) is 12.1 Å². The second-order valence-corrected chi connectivity index (χ2v) is 4.84. The summed E-state index contributed by atoms with van der Waals surface area (Å²) in [4.78, 5) is 2.49. The lowest BCUT2D eigenvalue weighted by molar-refractivity contribution is 1.09. The van der Waals surface area contributed by atoms with E-state index in [0.29, 0.717) is 0 Å². The third kappa shape index (κ3) is 1.71. The first kappa shape index (κ1) is 8.65. The number of hydrogen-bond acceptors (Lipinski definition) is 5. The van der Waals surface area contributed by atoms with Gasteiger partial charge in [0.15, 0.2) is 5.01 Å². The van der Waals surface area contributed by atoms with Crippen molar-refractivity contribution in [1.29, 1.82) is 0 Å². The highest BCUT2D eigenvalue weighted by Crippen LogP contribution is 2.31. The van der Waals surface area contributed by atoms with Gasteiger partial charge in [-0.2, -0.15) is 0 Å². The molecule has 0 bridgehead atoms. The first-order valence-electron chi connectivity index (χ1n) is 3.87. The van der Waals surface area contributed by atoms with Crippen molar-refractivity contribution >= 4 is 27.8 Å². The highest BCUT2D eigenvalue weighted by Gasteiger charge is 2.06. The van der Waals surface area contributed by atoms with Crippen LogP contribution in [0.2, 0.25) is 0 Å². The van der Waals surface area contributed by atoms with Crippen molar-refractivity contribution in [2.24, 2.45) is 0 Å². The van der Waals surface area contributed by atoms with Crippen molar-refractivity contribution < 1.29 is 0 Å². The second kappa shape index (κ2) is 3.43. The van der Waals surface area contributed by atoms with Crippen molar-refractivity contribution in [3.8, 4) is 9.88 Å². The van der Waals surface area contributed by atoms with Crippen LogP contribution < -0.4 is 5.32 Å². The fourth-order valence-electron chi connectivity index (χ4n) is 0.973. The van der Waals surface area contributed by atoms with Gasteiger partial charge in [-0.1, -0.05) is 11.3 Å². The predicted octanol–water partition coefficient (Wildman–Crippen LogP) is 2.62. The van der Waals surface area contributed by atoms with Crippen molar-refractivity contribution in [3.63, 3.8) is 0 Å². The molecule has 0 saturated heterocycles. The molecule has 13 heavy (non-hydrogen) atoms. The van der Waals surface area contributed by atoms with E-state index in [1.165, 1.54) is 9.75 Å². The number of aryl methyl sites for hydroxylation is 1. The van der Waals surface area contributed by atoms with Gasteiger partial charge in [0.25, 0.3) is 0 Å². The highest BCUT2D eigenvalue weighted by molar-refractivity contribution is 7.23. The number of aromatic nitrogens is 2. The number of anilines is 1. The molecule has 0 radical (unpaired) electrons. The van der Waals surface area contributed by atoms with E-state index in [2.05, 4.69) is 34.6 Å². The summed E-state index contributed by atoms with van der Waals surface area (Å²) in [6.45, 7) is 2.09. The normalized spacial score (nSPS) is 10.3. The van der Waals surface area contributed by atoms with Crippen molar-refractivity contribution in [2.45, 2.75) is 6.92 Å². The molecule has 0 saturated carbocycles. The quantitative estimate of drug-likeness (QED) is 0.829. The largest absolute Gasteiger partial charge is 0.363 e. The van der Waals surface area contributed by atoms with Crippen molar-refractivity contribution in [3.05, 3.63) is 17.0 Å². The third-order valence-electron chi connectivity index (χ3n) is 1.59. The molecular formula is C8H9N3S2. The molecule has 0 aromatic carbocycles. The van der Waals surface area contributed by atoms with Gasteiger partial charge in [-0.25, -0.2) is 0 Å². The lowest BCUT2D eigenvalue weighted by atomic mass is 10.4. The van der Waals surface area contributed by atoms with Crippen LogP contribution >= 0.6 is 22.7 Å². The Bertz CT molecular complexity index is 405. The molecule has 5 heteroatoms. The summed E-state index contributed by atoms with van der Waals surface area (Å²) in [7, 11) is 1.85. The van der Waals surface area contributed by atoms with Gasteiger partial charge in [0.1, 0.15) is 0 Å². The monoisotopic (exact) mass is 211 g/mol. The van der Waals surface area contributed by atoms with Crippen LogP contribution in [0.3, 0.4) is 0 Å². The van der Waals surface area contributed by atoms with Crippen LogP contribution in [0.25, 0.3) is 9.88 Å². The van der Waals surface area contributed by atoms with Crippen molar-refractivity contribution in [1.82, 2.24) is 10.2 Å². The average molecular weight is 211 g/mol. The summed E-state index contributed by atoms with van der Waals surface area (Å²) < 4.78 is 0. The first-order chi connectivity index (χ1) is 6.29. The SMILES string of the molecule is CNc1nnc(-c2ccc(C)s2)s1. The molecule has 0 aliphatic heterocycles. The molecule has 2 rings (SSSR count). The van der Waals surface area contributed by atoms with Gasteiger partial charge in [0.05, 0.1) is 4.88 Å². The molecule has 3 nitrogen and oxygen atoms in total. The Morgan fingerprint density at radius 2 is 2.08 bits per heavy atom. The Morgan fingerprint density at radius 3 is 2.62 bits per heavy atom. The Morgan fingerprint density at radius 1 is 1.23 bits per heavy atom. The highest BCUT2D eigenvalue weighted by atomic mass is 32.1. The first-order valence-corrected chi connectivity index (χ1v) is 5.51. The van der Waals surface area contributed by atoms with Crippen LogP contribution in [0.5, 0.6) is 0 Å². The fraction of sp³-hybridized carbons (Fsp3) is 0.250. The minimum absolute atomic E-state index is 0.862. The minimum atomic E-state index is 0.862. The summed E-state index contributed by atoms with van der Waals surface area (Å²) in [5.74, 6) is 0. The van der Waals surface area contributed by atoms with E-state index in [9.17, 15) is 0 Å². The van der Waals surface area contributed by atoms with Gasteiger partial charge in [0, 0.05) is 11.9 Å². The fourth-order valence-corrected chi connectivity index (χ4v) is 2.59. The van der Waals surface area contributed by atoms with E-state index in [1.807, 2.05) is 7.05 Å². The van der Waals surface area contributed by atoms with Crippen LogP contribution in [0.1, 0.15) is 4.88 Å². The number of nitrogens with zero attached hydrogens (tertiary/aromatic N) is 2. The standard InChI is InChI=1S/C8H9N3S2/c1-5-3-4-6(12-5)7-10-11-8(9-2)13-7/h3-4H,1-2H3,(H,9,11). The van der Waals surface area contributed by atoms with E-state index < -0.39 is 0 Å². The summed E-state index contributed by atoms with van der Waals surface area (Å²) in [5, 5.41) is 12.9. The van der Waals surface area contributed by atoms with Gasteiger partial charge in [-0.15, -0.1) is 21.5 Å². The second-order valence-electron chi connectivity index (χ2n) is 2.57. The molecule has 2 heterocycles. The van der Waals surface area contributed by atoms with Crippen LogP contribution in [0.4, 0.5) is 5.13 Å². The molecule has 0 atom stereocenters. The summed E-state index contributed by atoms with van der Waals surface area (Å²) >= 11 is 3.32. The third-order valence-corrected chi connectivity index (χ3v) is 3.70. The predicted molar refractivity (Wildman–Crippen MR) is 57.5 cm³/mol. The van der Waals surface area contributed by atoms with Gasteiger partial charge in [0.2, 0.25) is 5.13 Å². The molecule has 2 aromatic rings. The van der Waals surface area contributed by atoms with E-state index in [-0.39, 0.29) is 0 Å². The molecule has 68 valence electrons. The molecule has 0 spiro atoms. The minimum Gasteiger partial charge on any atom is -0.363 e. The number of rotatable bonds is 2. The average Bonchev–Trinajstić information content (AvgIpc) is 2.71. The topological polar surface area (TPSA) is 37.8 Å². The maximum absolute atomic E-state index is 4.09. The molecule has 2 aromatic heterocycles. The number of hydrogen-bond donors (Lipinski definition) is 1. The lowest BCUT2D eigenvalue weighted by Gasteiger charge is -1.85. The van der Waals surface area contributed by atoms with Crippen molar-refractivity contribution in [2.75, 3.05) is 12.4 Å². The summed E-state index contributed by atoms with van der Waals surface area (Å²) in [5.41, 5.74) is 0. The zero-order valence-corrected chi connectivity index (χ0v) is 9.00. The Hall–Kier alpha value is -0.940. The Kier molecular flexibility index (Phi) is 2.28. The summed E-state index contributed by atoms with van der Waals surface area (Å²) in [6.07, 6.45) is 0. The van der Waals surface area contributed by atoms with E-state index in [0.717, 1.165) is 10.1 Å². The van der Waals surface area contributed by atoms with E-state index in [4.69, 9.17) is 0 Å². The Balaban J connectivity index is 2.35. The zero-order chi connectivity index (χ0) is 9.26. The smallest absolute Gasteiger partial charge is 0.205 e. The van der Waals surface area contributed by atoms with Crippen LogP contribution in [-0.4, -0.2) is 17.2 Å². The maximum Gasteiger partial charge on any atom is 0.205 e. The van der Waals surface area contributed by atoms with E-state index in [1.54, 1.807) is 22.7 Å². The van der Waals surface area contributed by atoms with Crippen LogP contribution in [0, 0.1) is 6.92 Å². The van der Waals surface area contributed by atoms with E-state index >= 15 is 0 Å². The summed E-state index contributed by atoms with van der Waals surface area (Å²) in [6, 6.07) is 4.18. The Labute approximate surface area is 84.5 Å². The molecule has 0 aliphatic carbocycles. The van der Waals surface area contributed by atoms with Crippen LogP contribution in [-0.2, 0) is 0 Å². The molecular weight excluding hydrogens is 202 g/mol. The molecule has 0 fully saturated rings. The zero-order valence-electron chi connectivity index (χ0n) is 7.37. The number of nitrogens with one attached hydrogen (secondary N) is 1. The van der Waals surface area contributed by atoms with Gasteiger partial charge in [-0.3, -0.25) is 0 Å². The lowest BCUT2D eigenvalue weighted by Crippen LogP contribution is -1.84. The number of thiophene rings is 1. The van der Waals surface area contributed by atoms with Gasteiger partial charge >= 0.3 is 0 Å². The van der Waals surface area contributed by atoms with Gasteiger partial charge in [-0.05, 0) is 19.1 Å².